The van der Waals surface area contributed by atoms with Crippen molar-refractivity contribution in [3.8, 4) is 23.7 Å². The molecule has 0 radical (unpaired) electrons. The van der Waals surface area contributed by atoms with E-state index in [-0.39, 0.29) is 18.5 Å². The van der Waals surface area contributed by atoms with E-state index in [4.69, 9.17) is 9.47 Å². The highest BCUT2D eigenvalue weighted by Crippen LogP contribution is 2.23. The maximum absolute atomic E-state index is 12.4. The molecule has 10 nitrogen and oxygen atoms in total. The summed E-state index contributed by atoms with van der Waals surface area (Å²) in [5.41, 5.74) is 3.57. The Bertz CT molecular complexity index is 1760. The van der Waals surface area contributed by atoms with Gasteiger partial charge in [-0.15, -0.1) is 0 Å². The molecule has 0 bridgehead atoms. The van der Waals surface area contributed by atoms with Crippen molar-refractivity contribution in [3.63, 3.8) is 0 Å². The summed E-state index contributed by atoms with van der Waals surface area (Å²) in [6.45, 7) is 15.2. The number of rotatable bonds is 5. The fourth-order valence-electron chi connectivity index (χ4n) is 4.14. The van der Waals surface area contributed by atoms with Crippen molar-refractivity contribution < 1.29 is 19.1 Å². The Kier molecular flexibility index (Phi) is 9.01. The monoisotopic (exact) mass is 582 g/mol. The van der Waals surface area contributed by atoms with Gasteiger partial charge in [-0.1, -0.05) is 25.7 Å². The van der Waals surface area contributed by atoms with Gasteiger partial charge < -0.3 is 30.1 Å². The average molecular weight is 583 g/mol. The first kappa shape index (κ1) is 31.0. The highest BCUT2D eigenvalue weighted by atomic mass is 16.6. The molecule has 2 amide bonds. The van der Waals surface area contributed by atoms with Gasteiger partial charge in [-0.3, -0.25) is 0 Å². The molecule has 1 unspecified atom stereocenters. The van der Waals surface area contributed by atoms with Crippen LogP contribution in [0.3, 0.4) is 0 Å². The number of benzene rings is 2. The third-order valence-electron chi connectivity index (χ3n) is 5.94. The Hall–Kier alpha value is -4.96. The summed E-state index contributed by atoms with van der Waals surface area (Å²) in [5.74, 6) is 13.3. The van der Waals surface area contributed by atoms with Crippen molar-refractivity contribution in [2.45, 2.75) is 79.2 Å². The zero-order valence-electron chi connectivity index (χ0n) is 25.9. The van der Waals surface area contributed by atoms with E-state index >= 15 is 0 Å². The molecule has 0 saturated carbocycles. The molecule has 0 spiro atoms. The first-order valence-corrected chi connectivity index (χ1v) is 14.1. The molecule has 2 aromatic carbocycles. The summed E-state index contributed by atoms with van der Waals surface area (Å²) >= 11 is 0. The van der Waals surface area contributed by atoms with Gasteiger partial charge in [0.2, 0.25) is 0 Å². The van der Waals surface area contributed by atoms with E-state index in [0.717, 1.165) is 33.2 Å². The predicted octanol–water partition coefficient (Wildman–Crippen LogP) is 6.09. The van der Waals surface area contributed by atoms with E-state index in [1.807, 2.05) is 91.8 Å². The van der Waals surface area contributed by atoms with Gasteiger partial charge in [0.05, 0.1) is 34.7 Å². The minimum absolute atomic E-state index is 0.0871. The number of hydrogen-bond acceptors (Lipinski definition) is 6. The van der Waals surface area contributed by atoms with Crippen LogP contribution in [-0.4, -0.2) is 43.3 Å². The second-order valence-electron chi connectivity index (χ2n) is 12.5. The zero-order chi connectivity index (χ0) is 31.4. The highest BCUT2D eigenvalue weighted by Gasteiger charge is 2.25. The van der Waals surface area contributed by atoms with E-state index in [1.54, 1.807) is 0 Å². The fraction of sp³-hybridized carbons (Fsp3) is 0.394. The molecule has 0 aliphatic heterocycles. The number of amides is 2. The average Bonchev–Trinajstić information content (AvgIpc) is 3.49. The van der Waals surface area contributed by atoms with Crippen LogP contribution in [0.15, 0.2) is 36.4 Å². The topological polar surface area (TPSA) is 134 Å². The van der Waals surface area contributed by atoms with Gasteiger partial charge in [0.15, 0.2) is 0 Å². The molecule has 0 aliphatic rings. The summed E-state index contributed by atoms with van der Waals surface area (Å²) in [7, 11) is 0. The van der Waals surface area contributed by atoms with Crippen LogP contribution in [0.25, 0.3) is 22.1 Å². The largest absolute Gasteiger partial charge is 0.444 e. The summed E-state index contributed by atoms with van der Waals surface area (Å²) in [6.07, 6.45) is -0.987. The highest BCUT2D eigenvalue weighted by molar-refractivity contribution is 5.78. The Morgan fingerprint density at radius 3 is 1.91 bits per heavy atom. The van der Waals surface area contributed by atoms with Crippen molar-refractivity contribution in [2.75, 3.05) is 0 Å². The third-order valence-corrected chi connectivity index (χ3v) is 5.94. The molecular formula is C33H38N6O4. The van der Waals surface area contributed by atoms with Gasteiger partial charge in [0, 0.05) is 11.1 Å². The van der Waals surface area contributed by atoms with Crippen molar-refractivity contribution in [1.82, 2.24) is 30.6 Å². The van der Waals surface area contributed by atoms with Crippen LogP contribution in [0.1, 0.15) is 84.2 Å². The second-order valence-corrected chi connectivity index (χ2v) is 12.5. The number of H-pyrrole nitrogens is 2. The number of nitrogens with one attached hydrogen (secondary N) is 4. The van der Waals surface area contributed by atoms with E-state index in [9.17, 15) is 9.59 Å². The van der Waals surface area contributed by atoms with Crippen LogP contribution in [0.5, 0.6) is 0 Å². The van der Waals surface area contributed by atoms with Gasteiger partial charge in [-0.2, -0.15) is 0 Å². The molecule has 4 N–H and O–H groups in total. The van der Waals surface area contributed by atoms with Crippen LogP contribution >= 0.6 is 0 Å². The van der Waals surface area contributed by atoms with Crippen molar-refractivity contribution in [3.05, 3.63) is 59.2 Å². The first-order chi connectivity index (χ1) is 20.1. The number of imidazole rings is 2. The third kappa shape index (κ3) is 9.01. The van der Waals surface area contributed by atoms with Crippen molar-refractivity contribution in [2.24, 2.45) is 5.92 Å². The quantitative estimate of drug-likeness (QED) is 0.211. The van der Waals surface area contributed by atoms with Gasteiger partial charge in [-0.25, -0.2) is 19.6 Å². The number of carbonyl (C=O) groups is 2. The maximum Gasteiger partial charge on any atom is 0.408 e. The van der Waals surface area contributed by atoms with Crippen molar-refractivity contribution >= 4 is 34.3 Å². The maximum atomic E-state index is 12.4. The lowest BCUT2D eigenvalue weighted by Crippen LogP contribution is -2.37. The molecule has 4 aromatic rings. The molecule has 1 atom stereocenters. The normalized spacial score (nSPS) is 12.2. The minimum Gasteiger partial charge on any atom is -0.444 e. The van der Waals surface area contributed by atoms with Gasteiger partial charge in [0.1, 0.15) is 22.9 Å². The number of aromatic amines is 2. The molecule has 0 fully saturated rings. The van der Waals surface area contributed by atoms with Gasteiger partial charge in [0.25, 0.3) is 0 Å². The molecule has 0 saturated heterocycles. The molecular weight excluding hydrogens is 544 g/mol. The lowest BCUT2D eigenvalue weighted by atomic mass is 10.0. The van der Waals surface area contributed by atoms with Crippen LogP contribution < -0.4 is 10.6 Å². The number of alkyl carbamates (subject to hydrolysis) is 2. The number of aromatic nitrogens is 4. The molecule has 0 aliphatic carbocycles. The van der Waals surface area contributed by atoms with Crippen LogP contribution in [0.2, 0.25) is 0 Å². The summed E-state index contributed by atoms with van der Waals surface area (Å²) < 4.78 is 10.7. The first-order valence-electron chi connectivity index (χ1n) is 14.1. The number of hydrogen-bond donors (Lipinski definition) is 4. The Labute approximate surface area is 251 Å². The van der Waals surface area contributed by atoms with E-state index < -0.39 is 23.4 Å². The smallest absolute Gasteiger partial charge is 0.408 e. The summed E-state index contributed by atoms with van der Waals surface area (Å²) in [5, 5.41) is 5.62. The minimum atomic E-state index is -0.590. The van der Waals surface area contributed by atoms with Gasteiger partial charge >= 0.3 is 12.2 Å². The molecule has 224 valence electrons. The SMILES string of the molecule is CC(C)C(NC(=O)OC(C)(C)C)c1nc2ccc(C#CC#Cc3ccc4nc(CNC(=O)OC(C)(C)C)[nH]c4c3)cc2[nH]1. The molecule has 2 aromatic heterocycles. The van der Waals surface area contributed by atoms with E-state index in [2.05, 4.69) is 54.3 Å². The molecule has 2 heterocycles. The lowest BCUT2D eigenvalue weighted by molar-refractivity contribution is 0.0483. The van der Waals surface area contributed by atoms with Crippen LogP contribution in [0.4, 0.5) is 9.59 Å². The number of fused-ring (bicyclic) bond motifs is 2. The molecule has 43 heavy (non-hydrogen) atoms. The Morgan fingerprint density at radius 1 is 0.814 bits per heavy atom. The standard InChI is InChI=1S/C33H38N6O4/c1-20(2)28(39-31(41)43-33(6,7)8)29-37-24-16-14-22(18-26(24)38-29)12-10-9-11-21-13-15-23-25(17-21)36-27(35-23)19-34-30(40)42-32(3,4)5/h13-18,20,28H,19H2,1-8H3,(H,34,40)(H,35,36)(H,37,38)(H,39,41). The fourth-order valence-corrected chi connectivity index (χ4v) is 4.14. The van der Waals surface area contributed by atoms with Crippen molar-refractivity contribution in [1.29, 1.82) is 0 Å². The number of carbonyl (C=O) groups excluding carboxylic acids is 2. The van der Waals surface area contributed by atoms with E-state index in [1.165, 1.54) is 0 Å². The zero-order valence-corrected chi connectivity index (χ0v) is 25.9. The van der Waals surface area contributed by atoms with Crippen LogP contribution in [-0.2, 0) is 16.0 Å². The number of ether oxygens (including phenoxy) is 2. The summed E-state index contributed by atoms with van der Waals surface area (Å²) in [4.78, 5) is 40.0. The number of nitrogens with zero attached hydrogens (tertiary/aromatic N) is 2. The predicted molar refractivity (Wildman–Crippen MR) is 166 cm³/mol. The molecule has 10 heteroatoms. The summed E-state index contributed by atoms with van der Waals surface area (Å²) in [6, 6.07) is 11.0. The lowest BCUT2D eigenvalue weighted by Gasteiger charge is -2.24. The Morgan fingerprint density at radius 2 is 1.35 bits per heavy atom. The second kappa shape index (κ2) is 12.5. The van der Waals surface area contributed by atoms with Gasteiger partial charge in [-0.05, 0) is 95.7 Å². The molecule has 4 rings (SSSR count). The van der Waals surface area contributed by atoms with Crippen LogP contribution in [0, 0.1) is 29.6 Å². The van der Waals surface area contributed by atoms with E-state index in [0.29, 0.717) is 11.6 Å². The Balaban J connectivity index is 1.43.